The molecule has 0 amide bonds. The van der Waals surface area contributed by atoms with Gasteiger partial charge in [0.2, 0.25) is 0 Å². The third-order valence-electron chi connectivity index (χ3n) is 3.66. The van der Waals surface area contributed by atoms with Crippen LogP contribution in [0.3, 0.4) is 0 Å². The SMILES string of the molecule is Cc1cc(C)c2c(C)c(-c3ccccc3)c(=O)oc2c1. The first-order chi connectivity index (χ1) is 9.58. The molecule has 0 N–H and O–H groups in total. The van der Waals surface area contributed by atoms with E-state index in [1.165, 1.54) is 0 Å². The Morgan fingerprint density at radius 3 is 2.35 bits per heavy atom. The molecule has 0 unspecified atom stereocenters. The van der Waals surface area contributed by atoms with E-state index in [4.69, 9.17) is 4.42 Å². The average molecular weight is 264 g/mol. The van der Waals surface area contributed by atoms with Crippen molar-refractivity contribution < 1.29 is 4.42 Å². The standard InChI is InChI=1S/C18H16O2/c1-11-9-12(2)16-13(3)17(14-7-5-4-6-8-14)18(19)20-15(16)10-11/h4-10H,1-3H3. The molecule has 0 saturated carbocycles. The fourth-order valence-corrected chi connectivity index (χ4v) is 2.86. The van der Waals surface area contributed by atoms with Gasteiger partial charge in [-0.3, -0.25) is 0 Å². The van der Waals surface area contributed by atoms with Crippen LogP contribution in [-0.2, 0) is 0 Å². The van der Waals surface area contributed by atoms with E-state index in [9.17, 15) is 4.79 Å². The molecule has 0 radical (unpaired) electrons. The van der Waals surface area contributed by atoms with E-state index in [1.54, 1.807) is 0 Å². The Balaban J connectivity index is 2.44. The highest BCUT2D eigenvalue weighted by Crippen LogP contribution is 2.29. The fraction of sp³-hybridized carbons (Fsp3) is 0.167. The van der Waals surface area contributed by atoms with E-state index in [2.05, 4.69) is 13.0 Å². The third-order valence-corrected chi connectivity index (χ3v) is 3.66. The van der Waals surface area contributed by atoms with Crippen molar-refractivity contribution in [3.8, 4) is 11.1 Å². The van der Waals surface area contributed by atoms with Gasteiger partial charge in [-0.25, -0.2) is 4.79 Å². The lowest BCUT2D eigenvalue weighted by atomic mass is 9.96. The number of benzene rings is 2. The molecule has 100 valence electrons. The quantitative estimate of drug-likeness (QED) is 0.610. The van der Waals surface area contributed by atoms with Crippen molar-refractivity contribution in [2.24, 2.45) is 0 Å². The van der Waals surface area contributed by atoms with E-state index in [1.807, 2.05) is 50.2 Å². The van der Waals surface area contributed by atoms with Crippen molar-refractivity contribution in [2.45, 2.75) is 20.8 Å². The molecular weight excluding hydrogens is 248 g/mol. The third kappa shape index (κ3) is 1.94. The number of rotatable bonds is 1. The molecule has 3 aromatic rings. The van der Waals surface area contributed by atoms with Crippen LogP contribution in [0.15, 0.2) is 51.7 Å². The zero-order valence-corrected chi connectivity index (χ0v) is 11.9. The second-order valence-electron chi connectivity index (χ2n) is 5.21. The summed E-state index contributed by atoms with van der Waals surface area (Å²) in [4.78, 5) is 12.3. The number of aryl methyl sites for hydroxylation is 3. The first-order valence-corrected chi connectivity index (χ1v) is 6.68. The van der Waals surface area contributed by atoms with Gasteiger partial charge < -0.3 is 4.42 Å². The Morgan fingerprint density at radius 1 is 0.950 bits per heavy atom. The molecule has 2 nitrogen and oxygen atoms in total. The van der Waals surface area contributed by atoms with Gasteiger partial charge in [0.25, 0.3) is 0 Å². The summed E-state index contributed by atoms with van der Waals surface area (Å²) < 4.78 is 5.53. The van der Waals surface area contributed by atoms with Gasteiger partial charge in [-0.2, -0.15) is 0 Å². The summed E-state index contributed by atoms with van der Waals surface area (Å²) in [7, 11) is 0. The summed E-state index contributed by atoms with van der Waals surface area (Å²) in [5.41, 5.74) is 5.19. The molecule has 0 spiro atoms. The second kappa shape index (κ2) is 4.64. The largest absolute Gasteiger partial charge is 0.422 e. The normalized spacial score (nSPS) is 10.9. The van der Waals surface area contributed by atoms with Crippen molar-refractivity contribution in [1.29, 1.82) is 0 Å². The molecule has 0 aliphatic rings. The molecular formula is C18H16O2. The van der Waals surface area contributed by atoms with Crippen molar-refractivity contribution in [3.05, 3.63) is 69.6 Å². The maximum atomic E-state index is 12.3. The van der Waals surface area contributed by atoms with Crippen LogP contribution in [0.25, 0.3) is 22.1 Å². The predicted molar refractivity (Wildman–Crippen MR) is 82.1 cm³/mol. The summed E-state index contributed by atoms with van der Waals surface area (Å²) in [6.45, 7) is 6.05. The molecule has 0 atom stereocenters. The van der Waals surface area contributed by atoms with Crippen LogP contribution < -0.4 is 5.63 Å². The molecule has 20 heavy (non-hydrogen) atoms. The van der Waals surface area contributed by atoms with E-state index < -0.39 is 0 Å². The second-order valence-corrected chi connectivity index (χ2v) is 5.21. The molecule has 0 fully saturated rings. The fourth-order valence-electron chi connectivity index (χ4n) is 2.86. The maximum Gasteiger partial charge on any atom is 0.344 e. The molecule has 0 saturated heterocycles. The smallest absolute Gasteiger partial charge is 0.344 e. The average Bonchev–Trinajstić information content (AvgIpc) is 2.38. The van der Waals surface area contributed by atoms with Gasteiger partial charge in [0.05, 0.1) is 5.56 Å². The number of hydrogen-bond acceptors (Lipinski definition) is 2. The summed E-state index contributed by atoms with van der Waals surface area (Å²) in [6, 6.07) is 13.7. The summed E-state index contributed by atoms with van der Waals surface area (Å²) in [5, 5.41) is 1.04. The van der Waals surface area contributed by atoms with Crippen LogP contribution >= 0.6 is 0 Å². The Kier molecular flexibility index (Phi) is 2.94. The van der Waals surface area contributed by atoms with Gasteiger partial charge in [0.15, 0.2) is 0 Å². The number of fused-ring (bicyclic) bond motifs is 1. The monoisotopic (exact) mass is 264 g/mol. The van der Waals surface area contributed by atoms with Gasteiger partial charge in [-0.1, -0.05) is 36.4 Å². The molecule has 2 aromatic carbocycles. The zero-order chi connectivity index (χ0) is 14.3. The van der Waals surface area contributed by atoms with Crippen molar-refractivity contribution >= 4 is 11.0 Å². The van der Waals surface area contributed by atoms with Crippen molar-refractivity contribution in [1.82, 2.24) is 0 Å². The minimum Gasteiger partial charge on any atom is -0.422 e. The van der Waals surface area contributed by atoms with Crippen LogP contribution in [0.5, 0.6) is 0 Å². The highest BCUT2D eigenvalue weighted by molar-refractivity contribution is 5.89. The van der Waals surface area contributed by atoms with Gasteiger partial charge >= 0.3 is 5.63 Å². The lowest BCUT2D eigenvalue weighted by molar-refractivity contribution is 0.562. The molecule has 0 bridgehead atoms. The Labute approximate surface area is 117 Å². The Hall–Kier alpha value is -2.35. The summed E-state index contributed by atoms with van der Waals surface area (Å²) in [6.07, 6.45) is 0. The maximum absolute atomic E-state index is 12.3. The lowest BCUT2D eigenvalue weighted by Gasteiger charge is -2.10. The minimum absolute atomic E-state index is 0.272. The van der Waals surface area contributed by atoms with E-state index >= 15 is 0 Å². The van der Waals surface area contributed by atoms with Crippen LogP contribution in [0.4, 0.5) is 0 Å². The molecule has 3 rings (SSSR count). The lowest BCUT2D eigenvalue weighted by Crippen LogP contribution is -2.06. The molecule has 1 aromatic heterocycles. The highest BCUT2D eigenvalue weighted by Gasteiger charge is 2.14. The first kappa shape index (κ1) is 12.7. The zero-order valence-electron chi connectivity index (χ0n) is 11.9. The molecule has 1 heterocycles. The predicted octanol–water partition coefficient (Wildman–Crippen LogP) is 4.39. The van der Waals surface area contributed by atoms with Crippen LogP contribution in [0.1, 0.15) is 16.7 Å². The van der Waals surface area contributed by atoms with Crippen molar-refractivity contribution in [2.75, 3.05) is 0 Å². The summed E-state index contributed by atoms with van der Waals surface area (Å²) >= 11 is 0. The first-order valence-electron chi connectivity index (χ1n) is 6.68. The van der Waals surface area contributed by atoms with E-state index in [0.29, 0.717) is 11.1 Å². The van der Waals surface area contributed by atoms with E-state index in [-0.39, 0.29) is 5.63 Å². The van der Waals surface area contributed by atoms with E-state index in [0.717, 1.165) is 27.6 Å². The number of hydrogen-bond donors (Lipinski definition) is 0. The van der Waals surface area contributed by atoms with Gasteiger partial charge in [0, 0.05) is 5.39 Å². The van der Waals surface area contributed by atoms with Gasteiger partial charge in [-0.05, 0) is 49.1 Å². The van der Waals surface area contributed by atoms with Gasteiger partial charge in [-0.15, -0.1) is 0 Å². The molecule has 2 heteroatoms. The minimum atomic E-state index is -0.272. The Morgan fingerprint density at radius 2 is 1.65 bits per heavy atom. The molecule has 0 aliphatic carbocycles. The molecule has 0 aliphatic heterocycles. The summed E-state index contributed by atoms with van der Waals surface area (Å²) in [5.74, 6) is 0. The van der Waals surface area contributed by atoms with Crippen LogP contribution in [0.2, 0.25) is 0 Å². The Bertz CT molecular complexity index is 843. The topological polar surface area (TPSA) is 30.2 Å². The van der Waals surface area contributed by atoms with Gasteiger partial charge in [0.1, 0.15) is 5.58 Å². The highest BCUT2D eigenvalue weighted by atomic mass is 16.4. The van der Waals surface area contributed by atoms with Crippen LogP contribution in [0, 0.1) is 20.8 Å². The van der Waals surface area contributed by atoms with Crippen molar-refractivity contribution in [3.63, 3.8) is 0 Å². The van der Waals surface area contributed by atoms with Crippen LogP contribution in [-0.4, -0.2) is 0 Å².